The second kappa shape index (κ2) is 2.80. The number of carbonyl (C=O) groups is 1. The first kappa shape index (κ1) is 8.68. The van der Waals surface area contributed by atoms with Crippen molar-refractivity contribution in [1.82, 2.24) is 9.38 Å². The largest absolute Gasteiger partial charge is 0.543 e. The van der Waals surface area contributed by atoms with Crippen molar-refractivity contribution in [3.8, 4) is 0 Å². The molecule has 4 nitrogen and oxygen atoms in total. The van der Waals surface area contributed by atoms with Gasteiger partial charge in [0.25, 0.3) is 0 Å². The van der Waals surface area contributed by atoms with Gasteiger partial charge in [-0.15, -0.1) is 0 Å². The Morgan fingerprint density at radius 2 is 2.36 bits per heavy atom. The summed E-state index contributed by atoms with van der Waals surface area (Å²) in [4.78, 5) is 14.0. The third-order valence-corrected chi connectivity index (χ3v) is 1.92. The minimum atomic E-state index is -1.61. The molecule has 0 bridgehead atoms. The number of hydrogen-bond acceptors (Lipinski definition) is 3. The SMILES string of the molecule is Cc1ccn2c(F)c(C(=O)[O-])nc2c1. The van der Waals surface area contributed by atoms with Crippen LogP contribution in [0.5, 0.6) is 0 Å². The van der Waals surface area contributed by atoms with Crippen LogP contribution in [0.15, 0.2) is 18.3 Å². The molecule has 0 spiro atoms. The van der Waals surface area contributed by atoms with Crippen LogP contribution in [0.4, 0.5) is 4.39 Å². The van der Waals surface area contributed by atoms with E-state index in [1.807, 2.05) is 6.92 Å². The number of aromatic nitrogens is 2. The predicted octanol–water partition coefficient (Wildman–Crippen LogP) is 0.145. The van der Waals surface area contributed by atoms with Crippen LogP contribution >= 0.6 is 0 Å². The summed E-state index contributed by atoms with van der Waals surface area (Å²) in [6.45, 7) is 1.81. The monoisotopic (exact) mass is 193 g/mol. The van der Waals surface area contributed by atoms with Gasteiger partial charge in [-0.2, -0.15) is 4.39 Å². The van der Waals surface area contributed by atoms with Gasteiger partial charge in [0.05, 0.1) is 5.97 Å². The highest BCUT2D eigenvalue weighted by molar-refractivity contribution is 5.84. The van der Waals surface area contributed by atoms with Crippen LogP contribution < -0.4 is 5.11 Å². The first-order valence-electron chi connectivity index (χ1n) is 3.95. The van der Waals surface area contributed by atoms with E-state index >= 15 is 0 Å². The second-order valence-electron chi connectivity index (χ2n) is 2.97. The summed E-state index contributed by atoms with van der Waals surface area (Å²) in [5.41, 5.74) is 0.490. The lowest BCUT2D eigenvalue weighted by atomic mass is 10.3. The normalized spacial score (nSPS) is 10.7. The number of carboxylic acid groups (broad SMARTS) is 1. The number of aryl methyl sites for hydroxylation is 1. The van der Waals surface area contributed by atoms with Crippen LogP contribution in [0.1, 0.15) is 16.1 Å². The quantitative estimate of drug-likeness (QED) is 0.647. The molecule has 72 valence electrons. The van der Waals surface area contributed by atoms with Crippen LogP contribution in [0, 0.1) is 12.9 Å². The highest BCUT2D eigenvalue weighted by Gasteiger charge is 2.11. The summed E-state index contributed by atoms with van der Waals surface area (Å²) in [7, 11) is 0. The van der Waals surface area contributed by atoms with E-state index in [4.69, 9.17) is 0 Å². The molecule has 0 unspecified atom stereocenters. The second-order valence-corrected chi connectivity index (χ2v) is 2.97. The standard InChI is InChI=1S/C9H7FN2O2/c1-5-2-3-12-6(4-5)11-7(8(12)10)9(13)14/h2-4H,1H3,(H,13,14)/p-1. The average molecular weight is 193 g/mol. The molecule has 5 heteroatoms. The van der Waals surface area contributed by atoms with Gasteiger partial charge in [-0.3, -0.25) is 4.40 Å². The number of carboxylic acids is 1. The fourth-order valence-electron chi connectivity index (χ4n) is 1.25. The summed E-state index contributed by atoms with van der Waals surface area (Å²) < 4.78 is 14.4. The lowest BCUT2D eigenvalue weighted by Gasteiger charge is -1.95. The Morgan fingerprint density at radius 1 is 1.64 bits per heavy atom. The molecule has 2 heterocycles. The Labute approximate surface area is 78.6 Å². The minimum absolute atomic E-state index is 0.265. The van der Waals surface area contributed by atoms with Gasteiger partial charge in [-0.1, -0.05) is 0 Å². The van der Waals surface area contributed by atoms with Crippen molar-refractivity contribution in [2.75, 3.05) is 0 Å². The smallest absolute Gasteiger partial charge is 0.227 e. The highest BCUT2D eigenvalue weighted by atomic mass is 19.1. The fraction of sp³-hybridized carbons (Fsp3) is 0.111. The fourth-order valence-corrected chi connectivity index (χ4v) is 1.25. The third kappa shape index (κ3) is 1.14. The van der Waals surface area contributed by atoms with Gasteiger partial charge in [0.2, 0.25) is 5.95 Å². The summed E-state index contributed by atoms with van der Waals surface area (Å²) in [6, 6.07) is 3.26. The van der Waals surface area contributed by atoms with E-state index in [-0.39, 0.29) is 5.65 Å². The van der Waals surface area contributed by atoms with E-state index in [1.165, 1.54) is 6.20 Å². The lowest BCUT2D eigenvalue weighted by Crippen LogP contribution is -2.23. The first-order valence-corrected chi connectivity index (χ1v) is 3.95. The van der Waals surface area contributed by atoms with E-state index in [1.54, 1.807) is 12.1 Å². The van der Waals surface area contributed by atoms with Crippen molar-refractivity contribution in [3.63, 3.8) is 0 Å². The van der Waals surface area contributed by atoms with Gasteiger partial charge in [0, 0.05) is 6.20 Å². The van der Waals surface area contributed by atoms with Gasteiger partial charge in [-0.25, -0.2) is 4.98 Å². The van der Waals surface area contributed by atoms with Crippen LogP contribution in [0.3, 0.4) is 0 Å². The molecule has 2 rings (SSSR count). The van der Waals surface area contributed by atoms with E-state index < -0.39 is 17.6 Å². The molecule has 0 aliphatic rings. The Kier molecular flexibility index (Phi) is 1.73. The minimum Gasteiger partial charge on any atom is -0.543 e. The maximum atomic E-state index is 13.3. The van der Waals surface area contributed by atoms with Gasteiger partial charge in [0.15, 0.2) is 0 Å². The summed E-state index contributed by atoms with van der Waals surface area (Å²) in [6.07, 6.45) is 1.43. The number of hydrogen-bond donors (Lipinski definition) is 0. The number of pyridine rings is 1. The van der Waals surface area contributed by atoms with E-state index in [0.29, 0.717) is 0 Å². The Morgan fingerprint density at radius 3 is 3.00 bits per heavy atom. The molecule has 2 aromatic heterocycles. The van der Waals surface area contributed by atoms with Gasteiger partial charge >= 0.3 is 0 Å². The Bertz CT molecular complexity index is 519. The molecular weight excluding hydrogens is 187 g/mol. The van der Waals surface area contributed by atoms with Gasteiger partial charge in [-0.05, 0) is 24.6 Å². The molecule has 0 aliphatic carbocycles. The lowest BCUT2D eigenvalue weighted by molar-refractivity contribution is -0.255. The van der Waals surface area contributed by atoms with Crippen molar-refractivity contribution in [2.45, 2.75) is 6.92 Å². The molecular formula is C9H6FN2O2-. The zero-order valence-corrected chi connectivity index (χ0v) is 7.32. The molecule has 0 aliphatic heterocycles. The number of aromatic carboxylic acids is 1. The van der Waals surface area contributed by atoms with Crippen molar-refractivity contribution in [3.05, 3.63) is 35.5 Å². The third-order valence-electron chi connectivity index (χ3n) is 1.92. The van der Waals surface area contributed by atoms with Crippen LogP contribution in [-0.2, 0) is 0 Å². The highest BCUT2D eigenvalue weighted by Crippen LogP contribution is 2.11. The van der Waals surface area contributed by atoms with E-state index in [0.717, 1.165) is 9.96 Å². The first-order chi connectivity index (χ1) is 6.59. The average Bonchev–Trinajstić information content (AvgIpc) is 2.43. The Balaban J connectivity index is 2.79. The molecule has 0 amide bonds. The molecule has 0 saturated carbocycles. The topological polar surface area (TPSA) is 57.4 Å². The molecule has 0 saturated heterocycles. The number of nitrogens with zero attached hydrogens (tertiary/aromatic N) is 2. The maximum Gasteiger partial charge on any atom is 0.227 e. The zero-order chi connectivity index (χ0) is 10.3. The molecule has 2 aromatic rings. The number of carbonyl (C=O) groups excluding carboxylic acids is 1. The molecule has 0 aromatic carbocycles. The summed E-state index contributed by atoms with van der Waals surface area (Å²) >= 11 is 0. The molecule has 0 atom stereocenters. The summed E-state index contributed by atoms with van der Waals surface area (Å²) in [5.74, 6) is -2.51. The van der Waals surface area contributed by atoms with Crippen LogP contribution in [0.2, 0.25) is 0 Å². The van der Waals surface area contributed by atoms with Crippen molar-refractivity contribution in [1.29, 1.82) is 0 Å². The van der Waals surface area contributed by atoms with Crippen molar-refractivity contribution < 1.29 is 14.3 Å². The van der Waals surface area contributed by atoms with Crippen LogP contribution in [0.25, 0.3) is 5.65 Å². The van der Waals surface area contributed by atoms with Gasteiger partial charge < -0.3 is 9.90 Å². The number of rotatable bonds is 1. The maximum absolute atomic E-state index is 13.3. The number of halogens is 1. The number of imidazole rings is 1. The predicted molar refractivity (Wildman–Crippen MR) is 44.2 cm³/mol. The summed E-state index contributed by atoms with van der Waals surface area (Å²) in [5, 5.41) is 10.4. The Hall–Kier alpha value is -1.91. The molecule has 0 N–H and O–H groups in total. The molecule has 0 radical (unpaired) electrons. The van der Waals surface area contributed by atoms with E-state index in [2.05, 4.69) is 4.98 Å². The molecule has 0 fully saturated rings. The van der Waals surface area contributed by atoms with Crippen molar-refractivity contribution in [2.24, 2.45) is 0 Å². The zero-order valence-electron chi connectivity index (χ0n) is 7.32. The number of fused-ring (bicyclic) bond motifs is 1. The molecule has 14 heavy (non-hydrogen) atoms. The van der Waals surface area contributed by atoms with E-state index in [9.17, 15) is 14.3 Å². The van der Waals surface area contributed by atoms with Crippen LogP contribution in [-0.4, -0.2) is 15.4 Å². The van der Waals surface area contributed by atoms with Gasteiger partial charge in [0.1, 0.15) is 11.3 Å². The van der Waals surface area contributed by atoms with Crippen molar-refractivity contribution >= 4 is 11.6 Å².